The van der Waals surface area contributed by atoms with Gasteiger partial charge in [0.05, 0.1) is 11.2 Å². The van der Waals surface area contributed by atoms with Gasteiger partial charge in [0.25, 0.3) is 0 Å². The second-order valence-electron chi connectivity index (χ2n) is 5.82. The van der Waals surface area contributed by atoms with Crippen LogP contribution in [-0.4, -0.2) is 9.97 Å². The van der Waals surface area contributed by atoms with Crippen molar-refractivity contribution < 1.29 is 0 Å². The summed E-state index contributed by atoms with van der Waals surface area (Å²) in [5.74, 6) is 0. The highest BCUT2D eigenvalue weighted by atomic mass is 14.7. The molecule has 2 heteroatoms. The van der Waals surface area contributed by atoms with Gasteiger partial charge in [-0.2, -0.15) is 0 Å². The largest absolute Gasteiger partial charge is 0.354 e. The van der Waals surface area contributed by atoms with E-state index in [2.05, 4.69) is 71.7 Å². The SMILES string of the molecule is c1ccc2nc(-c3ccc4c(c3)[nH]c3ccccc34)ccc2c1. The van der Waals surface area contributed by atoms with Crippen LogP contribution in [-0.2, 0) is 0 Å². The number of benzene rings is 3. The highest BCUT2D eigenvalue weighted by Crippen LogP contribution is 2.29. The number of nitrogens with one attached hydrogen (secondary N) is 1. The van der Waals surface area contributed by atoms with Crippen molar-refractivity contribution in [2.24, 2.45) is 0 Å². The Balaban J connectivity index is 1.73. The minimum absolute atomic E-state index is 1.00. The summed E-state index contributed by atoms with van der Waals surface area (Å²) in [6.45, 7) is 0. The van der Waals surface area contributed by atoms with Gasteiger partial charge in [0, 0.05) is 32.8 Å². The molecule has 0 saturated heterocycles. The van der Waals surface area contributed by atoms with Crippen LogP contribution in [0.15, 0.2) is 78.9 Å². The van der Waals surface area contributed by atoms with Gasteiger partial charge in [-0.3, -0.25) is 0 Å². The van der Waals surface area contributed by atoms with E-state index in [-0.39, 0.29) is 0 Å². The van der Waals surface area contributed by atoms with Gasteiger partial charge >= 0.3 is 0 Å². The topological polar surface area (TPSA) is 28.7 Å². The van der Waals surface area contributed by atoms with Crippen molar-refractivity contribution in [3.05, 3.63) is 78.9 Å². The number of fused-ring (bicyclic) bond motifs is 4. The second-order valence-corrected chi connectivity index (χ2v) is 5.82. The number of aromatic nitrogens is 2. The zero-order valence-electron chi connectivity index (χ0n) is 12.5. The van der Waals surface area contributed by atoms with E-state index in [9.17, 15) is 0 Å². The fourth-order valence-corrected chi connectivity index (χ4v) is 3.24. The highest BCUT2D eigenvalue weighted by molar-refractivity contribution is 6.08. The van der Waals surface area contributed by atoms with Crippen molar-refractivity contribution in [3.8, 4) is 11.3 Å². The van der Waals surface area contributed by atoms with Crippen LogP contribution in [0.1, 0.15) is 0 Å². The smallest absolute Gasteiger partial charge is 0.0710 e. The van der Waals surface area contributed by atoms with Gasteiger partial charge in [-0.25, -0.2) is 4.98 Å². The maximum atomic E-state index is 4.79. The summed E-state index contributed by atoms with van der Waals surface area (Å²) < 4.78 is 0. The van der Waals surface area contributed by atoms with Gasteiger partial charge in [-0.1, -0.05) is 54.6 Å². The predicted octanol–water partition coefficient (Wildman–Crippen LogP) is 5.54. The molecule has 0 spiro atoms. The van der Waals surface area contributed by atoms with Crippen LogP contribution in [0.2, 0.25) is 0 Å². The minimum Gasteiger partial charge on any atom is -0.354 e. The molecule has 0 radical (unpaired) electrons. The summed E-state index contributed by atoms with van der Waals surface area (Å²) in [4.78, 5) is 8.29. The third kappa shape index (κ3) is 1.92. The Morgan fingerprint density at radius 2 is 1.48 bits per heavy atom. The molecule has 0 aliphatic heterocycles. The Morgan fingerprint density at radius 3 is 2.48 bits per heavy atom. The zero-order chi connectivity index (χ0) is 15.2. The summed E-state index contributed by atoms with van der Waals surface area (Å²) in [6, 6.07) is 27.4. The summed E-state index contributed by atoms with van der Waals surface area (Å²) in [7, 11) is 0. The Labute approximate surface area is 133 Å². The fourth-order valence-electron chi connectivity index (χ4n) is 3.24. The highest BCUT2D eigenvalue weighted by Gasteiger charge is 2.06. The molecule has 0 bridgehead atoms. The second kappa shape index (κ2) is 4.68. The number of hydrogen-bond donors (Lipinski definition) is 1. The van der Waals surface area contributed by atoms with E-state index in [1.54, 1.807) is 0 Å². The number of aromatic amines is 1. The summed E-state index contributed by atoms with van der Waals surface area (Å²) in [5, 5.41) is 3.69. The van der Waals surface area contributed by atoms with Gasteiger partial charge in [-0.15, -0.1) is 0 Å². The summed E-state index contributed by atoms with van der Waals surface area (Å²) in [6.07, 6.45) is 0. The lowest BCUT2D eigenvalue weighted by molar-refractivity contribution is 1.40. The molecule has 0 saturated carbocycles. The first-order valence-corrected chi connectivity index (χ1v) is 7.75. The maximum absolute atomic E-state index is 4.79. The molecule has 5 rings (SSSR count). The van der Waals surface area contributed by atoms with Crippen molar-refractivity contribution in [2.45, 2.75) is 0 Å². The normalized spacial score (nSPS) is 11.5. The molecule has 2 heterocycles. The molecule has 0 unspecified atom stereocenters. The maximum Gasteiger partial charge on any atom is 0.0710 e. The number of H-pyrrole nitrogens is 1. The third-order valence-corrected chi connectivity index (χ3v) is 4.40. The average Bonchev–Trinajstić information content (AvgIpc) is 2.99. The molecule has 0 aliphatic carbocycles. The van der Waals surface area contributed by atoms with Crippen molar-refractivity contribution in [1.82, 2.24) is 9.97 Å². The first kappa shape index (κ1) is 12.4. The van der Waals surface area contributed by atoms with E-state index in [0.29, 0.717) is 0 Å². The van der Waals surface area contributed by atoms with Crippen LogP contribution in [0, 0.1) is 0 Å². The number of para-hydroxylation sites is 2. The molecular formula is C21H14N2. The predicted molar refractivity (Wildman–Crippen MR) is 96.5 cm³/mol. The molecule has 0 amide bonds. The monoisotopic (exact) mass is 294 g/mol. The van der Waals surface area contributed by atoms with Crippen LogP contribution in [0.4, 0.5) is 0 Å². The van der Waals surface area contributed by atoms with Crippen LogP contribution in [0.5, 0.6) is 0 Å². The van der Waals surface area contributed by atoms with Gasteiger partial charge in [0.2, 0.25) is 0 Å². The Kier molecular flexibility index (Phi) is 2.53. The molecule has 23 heavy (non-hydrogen) atoms. The van der Waals surface area contributed by atoms with E-state index in [1.165, 1.54) is 21.7 Å². The van der Waals surface area contributed by atoms with Crippen LogP contribution < -0.4 is 0 Å². The van der Waals surface area contributed by atoms with Crippen molar-refractivity contribution >= 4 is 32.7 Å². The first-order valence-electron chi connectivity index (χ1n) is 7.75. The Bertz CT molecular complexity index is 1170. The molecule has 0 fully saturated rings. The van der Waals surface area contributed by atoms with Gasteiger partial charge < -0.3 is 4.98 Å². The number of hydrogen-bond acceptors (Lipinski definition) is 1. The lowest BCUT2D eigenvalue weighted by atomic mass is 10.1. The van der Waals surface area contributed by atoms with E-state index in [1.807, 2.05) is 12.1 Å². The molecule has 5 aromatic rings. The molecule has 3 aromatic carbocycles. The molecule has 0 aliphatic rings. The third-order valence-electron chi connectivity index (χ3n) is 4.40. The Hall–Kier alpha value is -3.13. The van der Waals surface area contributed by atoms with Crippen LogP contribution in [0.25, 0.3) is 44.0 Å². The number of pyridine rings is 1. The lowest BCUT2D eigenvalue weighted by Gasteiger charge is -2.03. The van der Waals surface area contributed by atoms with E-state index >= 15 is 0 Å². The van der Waals surface area contributed by atoms with Crippen LogP contribution in [0.3, 0.4) is 0 Å². The van der Waals surface area contributed by atoms with Gasteiger partial charge in [-0.05, 0) is 24.3 Å². The summed E-state index contributed by atoms with van der Waals surface area (Å²) in [5.41, 5.74) is 5.49. The van der Waals surface area contributed by atoms with Crippen LogP contribution >= 0.6 is 0 Å². The Morgan fingerprint density at radius 1 is 0.652 bits per heavy atom. The quantitative estimate of drug-likeness (QED) is 0.432. The van der Waals surface area contributed by atoms with E-state index < -0.39 is 0 Å². The minimum atomic E-state index is 1.00. The van der Waals surface area contributed by atoms with Crippen molar-refractivity contribution in [2.75, 3.05) is 0 Å². The standard InChI is InChI=1S/C21H14N2/c1-3-7-18-14(5-1)10-12-19(22-18)15-9-11-17-16-6-2-4-8-20(16)23-21(17)13-15/h1-13,23H. The van der Waals surface area contributed by atoms with E-state index in [4.69, 9.17) is 4.98 Å². The molecule has 2 nitrogen and oxygen atoms in total. The fraction of sp³-hybridized carbons (Fsp3) is 0. The average molecular weight is 294 g/mol. The zero-order valence-corrected chi connectivity index (χ0v) is 12.5. The molecule has 0 atom stereocenters. The molecule has 1 N–H and O–H groups in total. The van der Waals surface area contributed by atoms with Crippen molar-refractivity contribution in [3.63, 3.8) is 0 Å². The van der Waals surface area contributed by atoms with E-state index in [0.717, 1.165) is 22.3 Å². The number of rotatable bonds is 1. The lowest BCUT2D eigenvalue weighted by Crippen LogP contribution is -1.85. The molecule has 2 aromatic heterocycles. The molecular weight excluding hydrogens is 280 g/mol. The summed E-state index contributed by atoms with van der Waals surface area (Å²) >= 11 is 0. The first-order chi connectivity index (χ1) is 11.4. The number of nitrogens with zero attached hydrogens (tertiary/aromatic N) is 1. The molecule has 108 valence electrons. The van der Waals surface area contributed by atoms with Gasteiger partial charge in [0.1, 0.15) is 0 Å². The van der Waals surface area contributed by atoms with Gasteiger partial charge in [0.15, 0.2) is 0 Å². The van der Waals surface area contributed by atoms with Crippen molar-refractivity contribution in [1.29, 1.82) is 0 Å².